The van der Waals surface area contributed by atoms with Crippen molar-refractivity contribution in [3.05, 3.63) is 84.5 Å². The lowest BCUT2D eigenvalue weighted by atomic mass is 10.1. The second-order valence-corrected chi connectivity index (χ2v) is 6.99. The molecule has 0 amide bonds. The number of allylic oxidation sites excluding steroid dienone is 1. The number of aliphatic imine (C=N–C) groups is 1. The summed E-state index contributed by atoms with van der Waals surface area (Å²) in [6, 6.07) is 12.7. The van der Waals surface area contributed by atoms with Crippen LogP contribution in [0.3, 0.4) is 0 Å². The van der Waals surface area contributed by atoms with Crippen molar-refractivity contribution in [1.82, 2.24) is 9.55 Å². The zero-order valence-electron chi connectivity index (χ0n) is 14.2. The van der Waals surface area contributed by atoms with Crippen LogP contribution in [0, 0.1) is 6.92 Å². The van der Waals surface area contributed by atoms with E-state index in [1.54, 1.807) is 24.4 Å². The van der Waals surface area contributed by atoms with Gasteiger partial charge in [0.1, 0.15) is 5.56 Å². The van der Waals surface area contributed by atoms with Crippen molar-refractivity contribution >= 4 is 39.5 Å². The van der Waals surface area contributed by atoms with E-state index in [2.05, 4.69) is 25.9 Å². The summed E-state index contributed by atoms with van der Waals surface area (Å²) in [7, 11) is 0. The van der Waals surface area contributed by atoms with Gasteiger partial charge in [0.25, 0.3) is 5.56 Å². The van der Waals surface area contributed by atoms with Crippen molar-refractivity contribution in [2.24, 2.45) is 4.99 Å². The number of H-pyrrole nitrogens is 1. The van der Waals surface area contributed by atoms with E-state index in [0.29, 0.717) is 11.3 Å². The normalized spacial score (nSPS) is 13.9. The van der Waals surface area contributed by atoms with Gasteiger partial charge in [-0.25, -0.2) is 9.36 Å². The van der Waals surface area contributed by atoms with Gasteiger partial charge in [-0.15, -0.1) is 0 Å². The number of halogens is 1. The number of para-hydroxylation sites is 1. The van der Waals surface area contributed by atoms with Gasteiger partial charge in [0.2, 0.25) is 5.88 Å². The van der Waals surface area contributed by atoms with Gasteiger partial charge in [-0.1, -0.05) is 34.1 Å². The number of nitrogens with zero attached hydrogens (tertiary/aromatic N) is 2. The Morgan fingerprint density at radius 2 is 1.96 bits per heavy atom. The number of aromatic hydroxyl groups is 1. The molecular formula is C20H14BrN3O3. The maximum Gasteiger partial charge on any atom is 0.335 e. The molecule has 0 fully saturated rings. The summed E-state index contributed by atoms with van der Waals surface area (Å²) in [6.07, 6.45) is 3.16. The third-order valence-corrected chi connectivity index (χ3v) is 5.27. The molecule has 2 aromatic carbocycles. The second kappa shape index (κ2) is 6.51. The highest BCUT2D eigenvalue weighted by Gasteiger charge is 2.17. The molecule has 6 nitrogen and oxygen atoms in total. The maximum absolute atomic E-state index is 12.3. The molecule has 2 N–H and O–H groups in total. The number of hydrogen-bond donors (Lipinski definition) is 2. The van der Waals surface area contributed by atoms with Gasteiger partial charge in [-0.05, 0) is 42.8 Å². The van der Waals surface area contributed by atoms with Gasteiger partial charge in [0.05, 0.1) is 11.4 Å². The van der Waals surface area contributed by atoms with E-state index in [1.165, 1.54) is 6.08 Å². The molecule has 0 saturated heterocycles. The van der Waals surface area contributed by atoms with Gasteiger partial charge in [0.15, 0.2) is 0 Å². The first-order valence-electron chi connectivity index (χ1n) is 8.15. The van der Waals surface area contributed by atoms with Crippen molar-refractivity contribution in [2.45, 2.75) is 6.92 Å². The minimum atomic E-state index is -0.707. The molecule has 0 saturated carbocycles. The number of nitrogens with one attached hydrogen (secondary N) is 1. The minimum Gasteiger partial charge on any atom is -0.494 e. The molecule has 0 atom stereocenters. The van der Waals surface area contributed by atoms with E-state index in [0.717, 1.165) is 25.9 Å². The summed E-state index contributed by atoms with van der Waals surface area (Å²) in [4.78, 5) is 31.2. The lowest BCUT2D eigenvalue weighted by Crippen LogP contribution is -2.30. The Morgan fingerprint density at radius 3 is 2.74 bits per heavy atom. The van der Waals surface area contributed by atoms with Gasteiger partial charge < -0.3 is 5.11 Å². The summed E-state index contributed by atoms with van der Waals surface area (Å²) in [5, 5.41) is 10.7. The summed E-state index contributed by atoms with van der Waals surface area (Å²) < 4.78 is 1.95. The predicted octanol–water partition coefficient (Wildman–Crippen LogP) is 3.56. The number of aryl methyl sites for hydroxylation is 1. The highest BCUT2D eigenvalue weighted by atomic mass is 79.9. The molecule has 0 spiro atoms. The molecule has 0 unspecified atom stereocenters. The quantitative estimate of drug-likeness (QED) is 0.660. The largest absolute Gasteiger partial charge is 0.494 e. The Bertz CT molecular complexity index is 1250. The summed E-state index contributed by atoms with van der Waals surface area (Å²) in [5.41, 5.74) is 2.30. The van der Waals surface area contributed by atoms with Crippen LogP contribution in [0.4, 0.5) is 5.69 Å². The van der Waals surface area contributed by atoms with Crippen LogP contribution in [0.25, 0.3) is 17.3 Å². The van der Waals surface area contributed by atoms with Crippen LogP contribution >= 0.6 is 15.9 Å². The van der Waals surface area contributed by atoms with E-state index >= 15 is 0 Å². The van der Waals surface area contributed by atoms with Crippen molar-refractivity contribution < 1.29 is 5.11 Å². The zero-order valence-corrected chi connectivity index (χ0v) is 15.8. The number of hydrogen-bond acceptors (Lipinski definition) is 4. The lowest BCUT2D eigenvalue weighted by Gasteiger charge is -2.11. The van der Waals surface area contributed by atoms with Crippen molar-refractivity contribution in [3.8, 4) is 11.6 Å². The van der Waals surface area contributed by atoms with Crippen LogP contribution in [0.1, 0.15) is 16.7 Å². The van der Waals surface area contributed by atoms with Gasteiger partial charge in [-0.3, -0.25) is 14.8 Å². The molecule has 134 valence electrons. The third-order valence-electron chi connectivity index (χ3n) is 4.38. The second-order valence-electron chi connectivity index (χ2n) is 6.14. The van der Waals surface area contributed by atoms with Crippen molar-refractivity contribution in [2.75, 3.05) is 0 Å². The summed E-state index contributed by atoms with van der Waals surface area (Å²) in [5.74, 6) is -0.421. The molecule has 0 radical (unpaired) electrons. The lowest BCUT2D eigenvalue weighted by molar-refractivity contribution is 0.429. The van der Waals surface area contributed by atoms with Crippen LogP contribution in [-0.4, -0.2) is 20.9 Å². The van der Waals surface area contributed by atoms with Crippen LogP contribution in [0.2, 0.25) is 0 Å². The van der Waals surface area contributed by atoms with Gasteiger partial charge in [0, 0.05) is 21.8 Å². The van der Waals surface area contributed by atoms with Crippen LogP contribution in [0.5, 0.6) is 5.88 Å². The van der Waals surface area contributed by atoms with Crippen molar-refractivity contribution in [1.29, 1.82) is 0 Å². The van der Waals surface area contributed by atoms with Gasteiger partial charge in [-0.2, -0.15) is 0 Å². The first kappa shape index (κ1) is 17.2. The van der Waals surface area contributed by atoms with Crippen LogP contribution in [0.15, 0.2) is 61.5 Å². The Labute approximate surface area is 162 Å². The predicted molar refractivity (Wildman–Crippen MR) is 109 cm³/mol. The van der Waals surface area contributed by atoms with Crippen LogP contribution < -0.4 is 11.2 Å². The third kappa shape index (κ3) is 2.96. The molecule has 2 heterocycles. The van der Waals surface area contributed by atoms with E-state index < -0.39 is 17.1 Å². The molecule has 1 aliphatic rings. The molecule has 7 heteroatoms. The molecule has 1 aliphatic heterocycles. The summed E-state index contributed by atoms with van der Waals surface area (Å²) in [6.45, 7) is 1.87. The zero-order chi connectivity index (χ0) is 19.1. The number of rotatable bonds is 2. The van der Waals surface area contributed by atoms with Crippen molar-refractivity contribution in [3.63, 3.8) is 0 Å². The number of benzene rings is 2. The average molecular weight is 424 g/mol. The fraction of sp³-hybridized carbons (Fsp3) is 0.0500. The Kier molecular flexibility index (Phi) is 4.16. The number of fused-ring (bicyclic) bond motifs is 1. The molecule has 1 aromatic heterocycles. The molecule has 27 heavy (non-hydrogen) atoms. The fourth-order valence-electron chi connectivity index (χ4n) is 2.99. The van der Waals surface area contributed by atoms with Crippen LogP contribution in [-0.2, 0) is 0 Å². The Balaban J connectivity index is 1.92. The number of aromatic amines is 1. The molecular weight excluding hydrogens is 410 g/mol. The average Bonchev–Trinajstić information content (AvgIpc) is 3.04. The maximum atomic E-state index is 12.3. The SMILES string of the molecule is Cc1cc(-n2c(O)c(/C=C3\C=Nc4ccccc43)c(=O)[nH]c2=O)ccc1Br. The summed E-state index contributed by atoms with van der Waals surface area (Å²) >= 11 is 3.41. The highest BCUT2D eigenvalue weighted by Crippen LogP contribution is 2.33. The molecule has 4 rings (SSSR count). The van der Waals surface area contributed by atoms with E-state index in [9.17, 15) is 14.7 Å². The minimum absolute atomic E-state index is 0.00618. The van der Waals surface area contributed by atoms with E-state index in [-0.39, 0.29) is 5.56 Å². The number of aromatic nitrogens is 2. The first-order valence-corrected chi connectivity index (χ1v) is 8.95. The molecule has 3 aromatic rings. The topological polar surface area (TPSA) is 87.4 Å². The molecule has 0 aliphatic carbocycles. The highest BCUT2D eigenvalue weighted by molar-refractivity contribution is 9.10. The van der Waals surface area contributed by atoms with E-state index in [1.807, 2.05) is 31.2 Å². The monoisotopic (exact) mass is 423 g/mol. The van der Waals surface area contributed by atoms with Gasteiger partial charge >= 0.3 is 5.69 Å². The standard InChI is InChI=1S/C20H14BrN3O3/c1-11-8-13(6-7-16(11)21)24-19(26)15(18(25)23-20(24)27)9-12-10-22-17-5-3-2-4-14(12)17/h2-10,26H,1H3,(H,23,25,27)/b12-9+. The Hall–Kier alpha value is -3.19. The smallest absolute Gasteiger partial charge is 0.335 e. The molecule has 0 bridgehead atoms. The Morgan fingerprint density at radius 1 is 1.19 bits per heavy atom. The van der Waals surface area contributed by atoms with E-state index in [4.69, 9.17) is 0 Å². The fourth-order valence-corrected chi connectivity index (χ4v) is 3.23. The first-order chi connectivity index (χ1) is 13.0.